The minimum atomic E-state index is -4.59. The molecular weight excluding hydrogens is 357 g/mol. The van der Waals surface area contributed by atoms with Crippen LogP contribution in [0, 0.1) is 0 Å². The molecule has 0 saturated carbocycles. The highest BCUT2D eigenvalue weighted by Crippen LogP contribution is 2.38. The number of alkyl halides is 3. The van der Waals surface area contributed by atoms with E-state index in [0.29, 0.717) is 13.0 Å². The number of anilines is 1. The molecule has 1 aliphatic rings. The van der Waals surface area contributed by atoms with Crippen molar-refractivity contribution in [2.75, 3.05) is 12.3 Å². The SMILES string of the molecule is CCCNC(=O)/C(N)=C(\N)c1cccc(C2=C(C(F)(F)F)C=C=C=C2)c1N. The first-order valence-corrected chi connectivity index (χ1v) is 8.10. The molecule has 0 saturated heterocycles. The van der Waals surface area contributed by atoms with Crippen LogP contribution in [-0.2, 0) is 4.79 Å². The van der Waals surface area contributed by atoms with Crippen LogP contribution in [0.25, 0.3) is 11.3 Å². The molecule has 27 heavy (non-hydrogen) atoms. The number of hydrogen-bond acceptors (Lipinski definition) is 4. The summed E-state index contributed by atoms with van der Waals surface area (Å²) in [5.74, 6) is -0.572. The Morgan fingerprint density at radius 2 is 1.85 bits per heavy atom. The van der Waals surface area contributed by atoms with Gasteiger partial charge in [0.2, 0.25) is 0 Å². The predicted octanol–water partition coefficient (Wildman–Crippen LogP) is 2.58. The molecule has 1 aromatic carbocycles. The van der Waals surface area contributed by atoms with Crippen LogP contribution in [0.2, 0.25) is 0 Å². The lowest BCUT2D eigenvalue weighted by Gasteiger charge is -2.17. The molecule has 0 heterocycles. The maximum atomic E-state index is 13.3. The van der Waals surface area contributed by atoms with Crippen LogP contribution in [0.1, 0.15) is 24.5 Å². The standard InChI is InChI=1S/C19H19F3N4O/c1-2-10-26-18(27)17(25)16(24)13-8-5-7-12(15(13)23)11-6-3-4-9-14(11)19(20,21)22/h5-9H,2,10,23-25H2,1H3,(H,26,27)/b17-16+. The van der Waals surface area contributed by atoms with E-state index in [4.69, 9.17) is 17.2 Å². The molecule has 1 amide bonds. The first-order chi connectivity index (χ1) is 12.7. The monoisotopic (exact) mass is 376 g/mol. The number of nitrogen functional groups attached to an aromatic ring is 1. The molecule has 0 fully saturated rings. The Bertz CT molecular complexity index is 929. The topological polar surface area (TPSA) is 107 Å². The molecule has 0 radical (unpaired) electrons. The van der Waals surface area contributed by atoms with Gasteiger partial charge >= 0.3 is 6.18 Å². The van der Waals surface area contributed by atoms with Gasteiger partial charge in [0.1, 0.15) is 5.70 Å². The van der Waals surface area contributed by atoms with Gasteiger partial charge in [-0.05, 0) is 12.5 Å². The lowest BCUT2D eigenvalue weighted by Crippen LogP contribution is -2.31. The summed E-state index contributed by atoms with van der Waals surface area (Å²) in [5.41, 5.74) is 21.4. The second-order valence-corrected chi connectivity index (χ2v) is 5.75. The van der Waals surface area contributed by atoms with Crippen molar-refractivity contribution in [2.45, 2.75) is 19.5 Å². The highest BCUT2D eigenvalue weighted by Gasteiger charge is 2.35. The molecule has 8 heteroatoms. The summed E-state index contributed by atoms with van der Waals surface area (Å²) in [5, 5.41) is 2.58. The first-order valence-electron chi connectivity index (χ1n) is 8.10. The molecule has 1 aliphatic carbocycles. The van der Waals surface area contributed by atoms with Gasteiger partial charge in [-0.15, -0.1) is 0 Å². The van der Waals surface area contributed by atoms with E-state index in [0.717, 1.165) is 12.2 Å². The summed E-state index contributed by atoms with van der Waals surface area (Å²) in [6, 6.07) is 4.40. The van der Waals surface area contributed by atoms with Crippen molar-refractivity contribution in [3.8, 4) is 0 Å². The number of allylic oxidation sites excluding steroid dienone is 4. The first kappa shape index (κ1) is 20.0. The molecule has 0 aliphatic heterocycles. The van der Waals surface area contributed by atoms with Gasteiger partial charge < -0.3 is 22.5 Å². The minimum Gasteiger partial charge on any atom is -0.398 e. The predicted molar refractivity (Wildman–Crippen MR) is 98.6 cm³/mol. The van der Waals surface area contributed by atoms with Gasteiger partial charge in [0.25, 0.3) is 5.91 Å². The zero-order valence-electron chi connectivity index (χ0n) is 14.6. The van der Waals surface area contributed by atoms with E-state index in [-0.39, 0.29) is 33.8 Å². The van der Waals surface area contributed by atoms with Crippen LogP contribution in [0.5, 0.6) is 0 Å². The van der Waals surface area contributed by atoms with Crippen LogP contribution < -0.4 is 22.5 Å². The fourth-order valence-electron chi connectivity index (χ4n) is 2.48. The Morgan fingerprint density at radius 1 is 1.19 bits per heavy atom. The number of halogens is 3. The van der Waals surface area contributed by atoms with Crippen molar-refractivity contribution in [2.24, 2.45) is 11.5 Å². The van der Waals surface area contributed by atoms with E-state index in [9.17, 15) is 18.0 Å². The minimum absolute atomic E-state index is 0.0219. The molecule has 0 aromatic heterocycles. The quantitative estimate of drug-likeness (QED) is 0.360. The fourth-order valence-corrected chi connectivity index (χ4v) is 2.48. The van der Waals surface area contributed by atoms with Gasteiger partial charge in [-0.2, -0.15) is 13.2 Å². The third-order valence-corrected chi connectivity index (χ3v) is 3.87. The normalized spacial score (nSPS) is 14.4. The third-order valence-electron chi connectivity index (χ3n) is 3.87. The molecule has 0 bridgehead atoms. The van der Waals surface area contributed by atoms with Crippen LogP contribution >= 0.6 is 0 Å². The van der Waals surface area contributed by atoms with E-state index < -0.39 is 17.7 Å². The van der Waals surface area contributed by atoms with Gasteiger partial charge in [0.05, 0.1) is 11.3 Å². The molecule has 0 unspecified atom stereocenters. The van der Waals surface area contributed by atoms with Crippen molar-refractivity contribution < 1.29 is 18.0 Å². The maximum Gasteiger partial charge on any atom is 0.417 e. The largest absolute Gasteiger partial charge is 0.417 e. The molecule has 0 atom stereocenters. The highest BCUT2D eigenvalue weighted by molar-refractivity contribution is 6.01. The fraction of sp³-hybridized carbons (Fsp3) is 0.211. The third kappa shape index (κ3) is 4.26. The number of hydrogen-bond donors (Lipinski definition) is 4. The maximum absolute atomic E-state index is 13.3. The summed E-state index contributed by atoms with van der Waals surface area (Å²) < 4.78 is 39.9. The molecule has 2 rings (SSSR count). The lowest BCUT2D eigenvalue weighted by molar-refractivity contribution is -0.117. The number of benzene rings is 1. The van der Waals surface area contributed by atoms with Crippen LogP contribution in [0.15, 0.2) is 53.1 Å². The molecular formula is C19H19F3N4O. The summed E-state index contributed by atoms with van der Waals surface area (Å²) in [6.45, 7) is 2.28. The number of nitrogens with one attached hydrogen (secondary N) is 1. The number of nitrogens with two attached hydrogens (primary N) is 3. The summed E-state index contributed by atoms with van der Waals surface area (Å²) in [7, 11) is 0. The molecule has 5 nitrogen and oxygen atoms in total. The number of carbonyl (C=O) groups excluding carboxylic acids is 1. The second kappa shape index (κ2) is 7.91. The molecule has 7 N–H and O–H groups in total. The van der Waals surface area contributed by atoms with Crippen LogP contribution in [0.3, 0.4) is 0 Å². The van der Waals surface area contributed by atoms with Crippen molar-refractivity contribution >= 4 is 22.9 Å². The Hall–Kier alpha value is -3.34. The van der Waals surface area contributed by atoms with Gasteiger partial charge in [0.15, 0.2) is 0 Å². The molecule has 1 aromatic rings. The Balaban J connectivity index is 2.57. The van der Waals surface area contributed by atoms with E-state index in [2.05, 4.69) is 16.8 Å². The number of carbonyl (C=O) groups is 1. The van der Waals surface area contributed by atoms with Crippen LogP contribution in [-0.4, -0.2) is 18.6 Å². The number of para-hydroxylation sites is 1. The van der Waals surface area contributed by atoms with Gasteiger partial charge in [-0.3, -0.25) is 4.79 Å². The van der Waals surface area contributed by atoms with Crippen molar-refractivity contribution in [3.05, 3.63) is 64.2 Å². The van der Waals surface area contributed by atoms with Gasteiger partial charge in [-0.25, -0.2) is 0 Å². The number of amides is 1. The summed E-state index contributed by atoms with van der Waals surface area (Å²) in [4.78, 5) is 12.0. The molecule has 142 valence electrons. The highest BCUT2D eigenvalue weighted by atomic mass is 19.4. The Labute approximate surface area is 154 Å². The van der Waals surface area contributed by atoms with Crippen LogP contribution in [0.4, 0.5) is 18.9 Å². The Kier molecular flexibility index (Phi) is 5.85. The van der Waals surface area contributed by atoms with Gasteiger partial charge in [0, 0.05) is 35.0 Å². The van der Waals surface area contributed by atoms with Crippen molar-refractivity contribution in [3.63, 3.8) is 0 Å². The average molecular weight is 376 g/mol. The van der Waals surface area contributed by atoms with Crippen molar-refractivity contribution in [1.82, 2.24) is 5.32 Å². The van der Waals surface area contributed by atoms with E-state index in [1.165, 1.54) is 18.2 Å². The van der Waals surface area contributed by atoms with Gasteiger partial charge in [-0.1, -0.05) is 36.6 Å². The number of rotatable bonds is 5. The lowest BCUT2D eigenvalue weighted by atomic mass is 9.93. The Morgan fingerprint density at radius 3 is 2.48 bits per heavy atom. The van der Waals surface area contributed by atoms with Crippen molar-refractivity contribution in [1.29, 1.82) is 0 Å². The van der Waals surface area contributed by atoms with E-state index in [1.54, 1.807) is 0 Å². The summed E-state index contributed by atoms with van der Waals surface area (Å²) in [6.07, 6.45) is -1.94. The molecule has 0 spiro atoms. The zero-order valence-corrected chi connectivity index (χ0v) is 14.6. The average Bonchev–Trinajstić information content (AvgIpc) is 2.64. The summed E-state index contributed by atoms with van der Waals surface area (Å²) >= 11 is 0. The zero-order chi connectivity index (χ0) is 20.2. The van der Waals surface area contributed by atoms with E-state index in [1.807, 2.05) is 6.92 Å². The smallest absolute Gasteiger partial charge is 0.398 e. The second-order valence-electron chi connectivity index (χ2n) is 5.75. The van der Waals surface area contributed by atoms with E-state index >= 15 is 0 Å².